The van der Waals surface area contributed by atoms with Crippen LogP contribution in [0.25, 0.3) is 6.08 Å². The minimum Gasteiger partial charge on any atom is -0.480 e. The maximum Gasteiger partial charge on any atom is 0.341 e. The van der Waals surface area contributed by atoms with Gasteiger partial charge in [0, 0.05) is 0 Å². The predicted octanol–water partition coefficient (Wildman–Crippen LogP) is 1.86. The van der Waals surface area contributed by atoms with Crippen molar-refractivity contribution >= 4 is 55.8 Å². The summed E-state index contributed by atoms with van der Waals surface area (Å²) in [5.74, 6) is -1.27. The smallest absolute Gasteiger partial charge is 0.341 e. The summed E-state index contributed by atoms with van der Waals surface area (Å²) in [5, 5.41) is 13.1. The highest BCUT2D eigenvalue weighted by Crippen LogP contribution is 2.35. The minimum atomic E-state index is -1.09. The van der Waals surface area contributed by atoms with E-state index in [9.17, 15) is 14.4 Å². The fourth-order valence-electron chi connectivity index (χ4n) is 1.58. The van der Waals surface area contributed by atoms with Crippen molar-refractivity contribution in [2.45, 2.75) is 0 Å². The minimum absolute atomic E-state index is 0.123. The average molecular weight is 420 g/mol. The Labute approximate surface area is 135 Å². The number of amides is 3. The number of halogens is 2. The number of carbonyl (C=O) groups is 3. The average Bonchev–Trinajstić information content (AvgIpc) is 2.66. The summed E-state index contributed by atoms with van der Waals surface area (Å²) in [6.07, 6.45) is 1.48. The van der Waals surface area contributed by atoms with E-state index in [4.69, 9.17) is 9.84 Å². The van der Waals surface area contributed by atoms with Crippen LogP contribution in [0.2, 0.25) is 0 Å². The van der Waals surface area contributed by atoms with Crippen molar-refractivity contribution < 1.29 is 24.2 Å². The first kappa shape index (κ1) is 15.5. The maximum atomic E-state index is 11.4. The Morgan fingerprint density at radius 3 is 2.33 bits per heavy atom. The molecule has 0 saturated carbocycles. The van der Waals surface area contributed by atoms with E-state index in [-0.39, 0.29) is 5.70 Å². The molecule has 0 radical (unpaired) electrons. The van der Waals surface area contributed by atoms with E-state index in [1.807, 2.05) is 0 Å². The molecule has 1 fully saturated rings. The second-order valence-corrected chi connectivity index (χ2v) is 5.67. The Hall–Kier alpha value is -1.87. The van der Waals surface area contributed by atoms with E-state index < -0.39 is 24.5 Å². The summed E-state index contributed by atoms with van der Waals surface area (Å²) in [5.41, 5.74) is 0.738. The molecule has 1 saturated heterocycles. The van der Waals surface area contributed by atoms with Crippen LogP contribution in [-0.4, -0.2) is 29.6 Å². The third-order valence-corrected chi connectivity index (χ3v) is 3.57. The summed E-state index contributed by atoms with van der Waals surface area (Å²) in [6.45, 7) is -0.476. The number of hydrogen-bond acceptors (Lipinski definition) is 4. The first-order valence-corrected chi connectivity index (χ1v) is 7.13. The van der Waals surface area contributed by atoms with E-state index in [1.54, 1.807) is 12.1 Å². The molecule has 1 aromatic rings. The molecule has 1 aliphatic rings. The molecular weight excluding hydrogens is 412 g/mol. The fourth-order valence-corrected chi connectivity index (χ4v) is 3.03. The zero-order chi connectivity index (χ0) is 15.6. The molecule has 7 nitrogen and oxygen atoms in total. The number of rotatable bonds is 4. The van der Waals surface area contributed by atoms with E-state index in [0.717, 1.165) is 0 Å². The van der Waals surface area contributed by atoms with Crippen molar-refractivity contribution in [1.29, 1.82) is 0 Å². The van der Waals surface area contributed by atoms with Crippen molar-refractivity contribution in [2.24, 2.45) is 0 Å². The van der Waals surface area contributed by atoms with Gasteiger partial charge in [0.05, 0.1) is 8.95 Å². The number of hydrogen-bond donors (Lipinski definition) is 3. The second kappa shape index (κ2) is 6.27. The standard InChI is InChI=1S/C12H8Br2N2O5/c13-6-1-5(3-8-11(19)16-12(20)15-8)2-7(14)10(6)21-4-9(17)18/h1-3H,4H2,(H,17,18)(H2,15,16,19,20). The highest BCUT2D eigenvalue weighted by Gasteiger charge is 2.23. The number of carbonyl (C=O) groups excluding carboxylic acids is 2. The Morgan fingerprint density at radius 2 is 1.86 bits per heavy atom. The highest BCUT2D eigenvalue weighted by atomic mass is 79.9. The van der Waals surface area contributed by atoms with Gasteiger partial charge >= 0.3 is 12.0 Å². The third-order valence-electron chi connectivity index (χ3n) is 2.39. The van der Waals surface area contributed by atoms with Crippen LogP contribution < -0.4 is 15.4 Å². The molecule has 1 aliphatic heterocycles. The third kappa shape index (κ3) is 3.82. The van der Waals surface area contributed by atoms with Gasteiger partial charge < -0.3 is 15.2 Å². The lowest BCUT2D eigenvalue weighted by atomic mass is 10.2. The summed E-state index contributed by atoms with van der Waals surface area (Å²) < 4.78 is 6.15. The lowest BCUT2D eigenvalue weighted by Gasteiger charge is -2.09. The monoisotopic (exact) mass is 418 g/mol. The van der Waals surface area contributed by atoms with Crippen LogP contribution in [0.5, 0.6) is 5.75 Å². The van der Waals surface area contributed by atoms with Crippen LogP contribution in [0.1, 0.15) is 5.56 Å². The number of urea groups is 1. The first-order chi connectivity index (χ1) is 9.86. The second-order valence-electron chi connectivity index (χ2n) is 3.96. The fraction of sp³-hybridized carbons (Fsp3) is 0.0833. The van der Waals surface area contributed by atoms with E-state index >= 15 is 0 Å². The van der Waals surface area contributed by atoms with Gasteiger partial charge in [-0.15, -0.1) is 0 Å². The van der Waals surface area contributed by atoms with Crippen LogP contribution in [0.4, 0.5) is 4.79 Å². The van der Waals surface area contributed by atoms with Crippen molar-refractivity contribution in [3.63, 3.8) is 0 Å². The van der Waals surface area contributed by atoms with Gasteiger partial charge in [-0.1, -0.05) is 0 Å². The molecule has 9 heteroatoms. The van der Waals surface area contributed by atoms with Gasteiger partial charge in [0.2, 0.25) is 0 Å². The summed E-state index contributed by atoms with van der Waals surface area (Å²) in [6, 6.07) is 2.69. The van der Waals surface area contributed by atoms with Crippen LogP contribution in [0.3, 0.4) is 0 Å². The molecule has 3 N–H and O–H groups in total. The number of carboxylic acids is 1. The van der Waals surface area contributed by atoms with Gasteiger partial charge in [0.25, 0.3) is 5.91 Å². The SMILES string of the molecule is O=C(O)COc1c(Br)cc(C=C2NC(=O)NC2=O)cc1Br. The summed E-state index contributed by atoms with van der Waals surface area (Å²) in [4.78, 5) is 32.9. The predicted molar refractivity (Wildman–Crippen MR) is 79.6 cm³/mol. The van der Waals surface area contributed by atoms with E-state index in [2.05, 4.69) is 42.5 Å². The van der Waals surface area contributed by atoms with Crippen LogP contribution in [-0.2, 0) is 9.59 Å². The zero-order valence-corrected chi connectivity index (χ0v) is 13.4. The lowest BCUT2D eigenvalue weighted by Crippen LogP contribution is -2.22. The zero-order valence-electron chi connectivity index (χ0n) is 10.3. The number of benzene rings is 1. The molecule has 1 aromatic carbocycles. The van der Waals surface area contributed by atoms with Gasteiger partial charge in [0.15, 0.2) is 6.61 Å². The molecule has 3 amide bonds. The molecule has 21 heavy (non-hydrogen) atoms. The molecule has 0 spiro atoms. The summed E-state index contributed by atoms with van der Waals surface area (Å²) >= 11 is 6.52. The van der Waals surface area contributed by atoms with Gasteiger partial charge in [-0.3, -0.25) is 10.1 Å². The first-order valence-electron chi connectivity index (χ1n) is 5.54. The molecule has 0 aromatic heterocycles. The number of carboxylic acid groups (broad SMARTS) is 1. The lowest BCUT2D eigenvalue weighted by molar-refractivity contribution is -0.139. The largest absolute Gasteiger partial charge is 0.480 e. The Bertz CT molecular complexity index is 649. The Kier molecular flexibility index (Phi) is 4.63. The highest BCUT2D eigenvalue weighted by molar-refractivity contribution is 9.11. The van der Waals surface area contributed by atoms with Crippen molar-refractivity contribution in [1.82, 2.24) is 10.6 Å². The van der Waals surface area contributed by atoms with Gasteiger partial charge in [0.1, 0.15) is 11.4 Å². The number of aliphatic carboxylic acids is 1. The molecule has 0 unspecified atom stereocenters. The molecule has 0 bridgehead atoms. The van der Waals surface area contributed by atoms with Crippen LogP contribution in [0, 0.1) is 0 Å². The van der Waals surface area contributed by atoms with Gasteiger partial charge in [-0.2, -0.15) is 0 Å². The summed E-state index contributed by atoms with van der Waals surface area (Å²) in [7, 11) is 0. The van der Waals surface area contributed by atoms with Crippen molar-refractivity contribution in [3.8, 4) is 5.75 Å². The number of imide groups is 1. The number of ether oxygens (including phenoxy) is 1. The van der Waals surface area contributed by atoms with Gasteiger partial charge in [-0.25, -0.2) is 9.59 Å². The van der Waals surface area contributed by atoms with Crippen LogP contribution in [0.15, 0.2) is 26.8 Å². The molecular formula is C12H8Br2N2O5. The quantitative estimate of drug-likeness (QED) is 0.510. The molecule has 0 atom stereocenters. The van der Waals surface area contributed by atoms with Crippen molar-refractivity contribution in [3.05, 3.63) is 32.3 Å². The molecule has 110 valence electrons. The molecule has 0 aliphatic carbocycles. The Morgan fingerprint density at radius 1 is 1.24 bits per heavy atom. The van der Waals surface area contributed by atoms with Gasteiger partial charge in [-0.05, 0) is 55.6 Å². The van der Waals surface area contributed by atoms with Crippen molar-refractivity contribution in [2.75, 3.05) is 6.61 Å². The molecule has 1 heterocycles. The molecule has 2 rings (SSSR count). The Balaban J connectivity index is 2.27. The van der Waals surface area contributed by atoms with E-state index in [0.29, 0.717) is 20.3 Å². The normalized spacial score (nSPS) is 15.8. The van der Waals surface area contributed by atoms with E-state index in [1.165, 1.54) is 6.08 Å². The van der Waals surface area contributed by atoms with Crippen LogP contribution >= 0.6 is 31.9 Å². The maximum absolute atomic E-state index is 11.4. The topological polar surface area (TPSA) is 105 Å². The number of nitrogens with one attached hydrogen (secondary N) is 2.